The Morgan fingerprint density at radius 2 is 1.88 bits per heavy atom. The minimum Gasteiger partial charge on any atom is -0.481 e. The van der Waals surface area contributed by atoms with E-state index in [9.17, 15) is 58.4 Å². The summed E-state index contributed by atoms with van der Waals surface area (Å²) in [5, 5.41) is 38.9. The molecule has 1 saturated heterocycles. The van der Waals surface area contributed by atoms with Gasteiger partial charge in [0.15, 0.2) is 23.5 Å². The van der Waals surface area contributed by atoms with Crippen LogP contribution in [-0.2, 0) is 60.4 Å². The van der Waals surface area contributed by atoms with Gasteiger partial charge in [-0.3, -0.25) is 33.3 Å². The number of phosphoric acid groups is 1. The third kappa shape index (κ3) is 9.36. The number of halogens is 1. The van der Waals surface area contributed by atoms with Crippen molar-refractivity contribution >= 4 is 76.0 Å². The van der Waals surface area contributed by atoms with E-state index in [-0.39, 0.29) is 47.4 Å². The monoisotopic (exact) mass is 991 g/mol. The summed E-state index contributed by atoms with van der Waals surface area (Å²) < 4.78 is 30.0. The van der Waals surface area contributed by atoms with E-state index in [0.717, 1.165) is 16.0 Å². The third-order valence-electron chi connectivity index (χ3n) is 13.8. The lowest BCUT2D eigenvalue weighted by atomic mass is 9.46. The maximum absolute atomic E-state index is 14.4. The molecule has 4 aliphatic carbocycles. The van der Waals surface area contributed by atoms with Crippen molar-refractivity contribution < 1.29 is 72.4 Å². The average molecular weight is 993 g/mol. The number of alkyl halides is 1. The number of amides is 3. The number of thiophene rings is 1. The summed E-state index contributed by atoms with van der Waals surface area (Å²) in [6, 6.07) is 7.38. The van der Waals surface area contributed by atoms with Crippen LogP contribution in [0.15, 0.2) is 54.1 Å². The second-order valence-electron chi connectivity index (χ2n) is 17.5. The number of aliphatic hydroxyl groups excluding tert-OH is 2. The number of Topliss-reactive ketones (excluding diaryl/α,β-unsaturated/α-hetero) is 1. The topological polar surface area (TPSA) is 284 Å². The first kappa shape index (κ1) is 48.0. The Kier molecular flexibility index (Phi) is 14.1. The number of phosphoric ester groups is 1. The van der Waals surface area contributed by atoms with E-state index in [1.807, 2.05) is 26.0 Å². The minimum absolute atomic E-state index is 0.0389. The second-order valence-corrected chi connectivity index (χ2v) is 20.5. The summed E-state index contributed by atoms with van der Waals surface area (Å²) >= 11 is 4.32. The van der Waals surface area contributed by atoms with Gasteiger partial charge in [-0.2, -0.15) is 0 Å². The van der Waals surface area contributed by atoms with E-state index in [2.05, 4.69) is 31.9 Å². The second kappa shape index (κ2) is 18.7. The zero-order valence-corrected chi connectivity index (χ0v) is 38.3. The van der Waals surface area contributed by atoms with Crippen molar-refractivity contribution in [1.29, 1.82) is 0 Å². The number of ketones is 2. The molecule has 346 valence electrons. The third-order valence-corrected chi connectivity index (χ3v) is 15.9. The number of fused-ring (bicyclic) bond motifs is 7. The number of aliphatic hydroxyl groups is 2. The number of aliphatic carboxylic acids is 1. The number of hydrogen-bond donors (Lipinski definition) is 8. The van der Waals surface area contributed by atoms with Gasteiger partial charge in [0, 0.05) is 45.7 Å². The molecule has 0 radical (unpaired) electrons. The number of anilines is 1. The standard InChI is InChI=1S/C43H51BrN3O15PS/c1-41-12-11-25(49)15-24(41)4-6-27-28-16-34-43(33(51)21-60-63(57,58)59,42(28,2)17-31(50)38(27)41)62-40(61-34)32-9-5-26(64-32)14-22-3-7-29(23(13-22)20-48)47-39(56)30(8-10-37(54)55)46-36(53)19-45-35(52)18-44/h3,5,7,9,11-13,15,27-28,30-31,34,38,40,48,50H,4,6,8,10,14,16-21H2,1-2H3,(H,45,52)(H,46,53)(H,47,56)(H,54,55)(H2,57,58,59)/t27-,28-,30-,31-,34+,38+,40+,41-,42-,43+/m0/s1. The lowest BCUT2D eigenvalue weighted by molar-refractivity contribution is -0.200. The van der Waals surface area contributed by atoms with Crippen molar-refractivity contribution in [2.45, 2.75) is 95.5 Å². The summed E-state index contributed by atoms with van der Waals surface area (Å²) in [5.74, 6) is -4.37. The molecule has 10 atom stereocenters. The lowest BCUT2D eigenvalue weighted by Gasteiger charge is -2.59. The van der Waals surface area contributed by atoms with Crippen molar-refractivity contribution in [3.05, 3.63) is 75.0 Å². The number of carboxylic acid groups (broad SMARTS) is 1. The molecule has 21 heteroatoms. The molecule has 3 amide bonds. The minimum atomic E-state index is -5.06. The van der Waals surface area contributed by atoms with Gasteiger partial charge >= 0.3 is 13.8 Å². The Labute approximate surface area is 380 Å². The van der Waals surface area contributed by atoms with Gasteiger partial charge in [0.25, 0.3) is 0 Å². The maximum atomic E-state index is 14.4. The van der Waals surface area contributed by atoms with Crippen LogP contribution < -0.4 is 16.0 Å². The Morgan fingerprint density at radius 3 is 2.58 bits per heavy atom. The molecule has 5 aliphatic rings. The molecule has 1 aliphatic heterocycles. The molecule has 4 fully saturated rings. The summed E-state index contributed by atoms with van der Waals surface area (Å²) in [4.78, 5) is 95.9. The number of hydrogen-bond acceptors (Lipinski definition) is 13. The number of carbonyl (C=O) groups is 6. The molecule has 1 aromatic carbocycles. The smallest absolute Gasteiger partial charge is 0.470 e. The quantitative estimate of drug-likeness (QED) is 0.0834. The van der Waals surface area contributed by atoms with Crippen molar-refractivity contribution in [3.8, 4) is 0 Å². The van der Waals surface area contributed by atoms with Gasteiger partial charge in [0.2, 0.25) is 17.7 Å². The van der Waals surface area contributed by atoms with E-state index >= 15 is 0 Å². The number of allylic oxidation sites excluding steroid dienone is 4. The van der Waals surface area contributed by atoms with Crippen molar-refractivity contribution in [2.75, 3.05) is 23.8 Å². The number of nitrogens with one attached hydrogen (secondary N) is 3. The fraction of sp³-hybridized carbons (Fsp3) is 0.535. The zero-order chi connectivity index (χ0) is 46.4. The summed E-state index contributed by atoms with van der Waals surface area (Å²) in [7, 11) is -5.06. The largest absolute Gasteiger partial charge is 0.481 e. The van der Waals surface area contributed by atoms with E-state index in [1.165, 1.54) is 11.3 Å². The van der Waals surface area contributed by atoms with Crippen molar-refractivity contribution in [2.24, 2.45) is 28.6 Å². The fourth-order valence-electron chi connectivity index (χ4n) is 11.0. The molecule has 18 nitrogen and oxygen atoms in total. The van der Waals surface area contributed by atoms with Crippen molar-refractivity contribution in [3.63, 3.8) is 0 Å². The first-order valence-electron chi connectivity index (χ1n) is 20.9. The molecule has 2 aromatic rings. The van der Waals surface area contributed by atoms with E-state index in [1.54, 1.807) is 36.4 Å². The van der Waals surface area contributed by atoms with Gasteiger partial charge < -0.3 is 50.5 Å². The summed E-state index contributed by atoms with van der Waals surface area (Å²) in [6.45, 7) is 2.08. The molecule has 0 spiro atoms. The van der Waals surface area contributed by atoms with Gasteiger partial charge in [-0.25, -0.2) is 4.57 Å². The maximum Gasteiger partial charge on any atom is 0.470 e. The first-order valence-corrected chi connectivity index (χ1v) is 24.3. The number of ether oxygens (including phenoxy) is 2. The van der Waals surface area contributed by atoms with Crippen LogP contribution in [0.25, 0.3) is 0 Å². The molecular weight excluding hydrogens is 941 g/mol. The number of carbonyl (C=O) groups excluding carboxylic acids is 5. The van der Waals surface area contributed by atoms with Gasteiger partial charge in [0.1, 0.15) is 12.6 Å². The van der Waals surface area contributed by atoms with E-state index < -0.39 is 104 Å². The Hall–Kier alpha value is -3.95. The highest BCUT2D eigenvalue weighted by atomic mass is 79.9. The highest BCUT2D eigenvalue weighted by Gasteiger charge is 2.76. The molecule has 2 heterocycles. The fourth-order valence-corrected chi connectivity index (χ4v) is 12.5. The normalized spacial score (nSPS) is 30.9. The Balaban J connectivity index is 1.08. The molecule has 1 aromatic heterocycles. The summed E-state index contributed by atoms with van der Waals surface area (Å²) in [6.07, 6.45) is 3.81. The molecule has 3 saturated carbocycles. The lowest BCUT2D eigenvalue weighted by Crippen LogP contribution is -2.63. The molecular formula is C43H51BrN3O15PS. The summed E-state index contributed by atoms with van der Waals surface area (Å²) in [5.41, 5.74) is -1.03. The highest BCUT2D eigenvalue weighted by Crippen LogP contribution is 2.70. The van der Waals surface area contributed by atoms with Crippen LogP contribution >= 0.6 is 35.1 Å². The van der Waals surface area contributed by atoms with E-state index in [0.29, 0.717) is 36.1 Å². The number of benzene rings is 1. The van der Waals surface area contributed by atoms with Crippen molar-refractivity contribution in [1.82, 2.24) is 10.6 Å². The highest BCUT2D eigenvalue weighted by molar-refractivity contribution is 9.09. The van der Waals surface area contributed by atoms with Crippen LogP contribution in [0.1, 0.15) is 79.5 Å². The molecule has 64 heavy (non-hydrogen) atoms. The van der Waals surface area contributed by atoms with Crippen LogP contribution in [0.2, 0.25) is 0 Å². The van der Waals surface area contributed by atoms with Crippen LogP contribution in [-0.4, -0.2) is 103 Å². The van der Waals surface area contributed by atoms with Gasteiger partial charge in [-0.1, -0.05) is 53.6 Å². The van der Waals surface area contributed by atoms with Gasteiger partial charge in [0.05, 0.1) is 35.6 Å². The van der Waals surface area contributed by atoms with E-state index in [4.69, 9.17) is 14.0 Å². The predicted molar refractivity (Wildman–Crippen MR) is 232 cm³/mol. The Morgan fingerprint density at radius 1 is 1.11 bits per heavy atom. The Bertz CT molecular complexity index is 2330. The van der Waals surface area contributed by atoms with Crippen LogP contribution in [0, 0.1) is 28.6 Å². The SMILES string of the molecule is C[C@]12C=CC(=O)C=C1CC[C@@H]1[C@@H]2[C@@H](O)C[C@@]2(C)[C@H]1C[C@H]1O[C@@H](c3ccc(Cc4ccc(NC(=O)[C@H](CCC(=O)O)NC(=O)CNC(=O)CBr)c(CO)c4)s3)O[C@]12C(=O)COP(=O)(O)O. The molecule has 8 N–H and O–H groups in total. The first-order chi connectivity index (χ1) is 30.2. The number of carboxylic acids is 1. The molecule has 0 unspecified atom stereocenters. The van der Waals surface area contributed by atoms with Gasteiger partial charge in [-0.05, 0) is 79.9 Å². The molecule has 7 rings (SSSR count). The van der Waals surface area contributed by atoms with Crippen LogP contribution in [0.5, 0.6) is 0 Å². The predicted octanol–water partition coefficient (Wildman–Crippen LogP) is 3.35. The van der Waals surface area contributed by atoms with Crippen LogP contribution in [0.3, 0.4) is 0 Å². The zero-order valence-electron chi connectivity index (χ0n) is 35.0. The van der Waals surface area contributed by atoms with Crippen LogP contribution in [0.4, 0.5) is 5.69 Å². The number of rotatable bonds is 17. The molecule has 0 bridgehead atoms. The average Bonchev–Trinajstić information content (AvgIpc) is 3.93. The van der Waals surface area contributed by atoms with Gasteiger partial charge in [-0.15, -0.1) is 11.3 Å².